The van der Waals surface area contributed by atoms with Crippen molar-refractivity contribution in [3.8, 4) is 0 Å². The molecular formula is C22H19Cl2FN2O2. The third-order valence-corrected chi connectivity index (χ3v) is 4.74. The summed E-state index contributed by atoms with van der Waals surface area (Å²) < 4.78 is 15.6. The van der Waals surface area contributed by atoms with Gasteiger partial charge in [-0.1, -0.05) is 48.0 Å². The molecule has 2 aromatic carbocycles. The molecule has 0 fully saturated rings. The summed E-state index contributed by atoms with van der Waals surface area (Å²) in [5, 5.41) is 0.288. The van der Waals surface area contributed by atoms with E-state index in [1.807, 2.05) is 18.2 Å². The standard InChI is InChI=1S/C22H19ClFN2O2.ClH/c1-25(14-18-19(23)8-5-9-20(18)24)21(27)15-26-12-10-17(11-13-26)22(28)16-6-3-2-4-7-16;/h2-13H,14-15H2,1H3;1H/q+1;/p-1. The molecule has 0 unspecified atom stereocenters. The minimum Gasteiger partial charge on any atom is -1.00 e. The highest BCUT2D eigenvalue weighted by Gasteiger charge is 2.18. The second-order valence-corrected chi connectivity index (χ2v) is 6.81. The fraction of sp³-hybridized carbons (Fsp3) is 0.136. The number of aromatic nitrogens is 1. The van der Waals surface area contributed by atoms with Crippen molar-refractivity contribution in [2.45, 2.75) is 13.1 Å². The summed E-state index contributed by atoms with van der Waals surface area (Å²) in [5.74, 6) is -0.722. The SMILES string of the molecule is CN(Cc1c(F)cccc1Cl)C(=O)C[n+]1ccc(C(=O)c2ccccc2)cc1.[Cl-]. The zero-order valence-corrected chi connectivity index (χ0v) is 17.2. The first-order chi connectivity index (χ1) is 13.5. The van der Waals surface area contributed by atoms with Gasteiger partial charge >= 0.3 is 0 Å². The highest BCUT2D eigenvalue weighted by atomic mass is 35.5. The van der Waals surface area contributed by atoms with E-state index < -0.39 is 5.82 Å². The maximum Gasteiger partial charge on any atom is 0.288 e. The van der Waals surface area contributed by atoms with Crippen molar-refractivity contribution >= 4 is 23.3 Å². The Labute approximate surface area is 180 Å². The summed E-state index contributed by atoms with van der Waals surface area (Å²) in [7, 11) is 1.60. The monoisotopic (exact) mass is 432 g/mol. The number of halogens is 3. The number of benzene rings is 2. The molecule has 4 nitrogen and oxygen atoms in total. The van der Waals surface area contributed by atoms with E-state index in [0.717, 1.165) is 0 Å². The molecule has 1 aromatic heterocycles. The van der Waals surface area contributed by atoms with E-state index in [1.54, 1.807) is 54.3 Å². The van der Waals surface area contributed by atoms with E-state index in [4.69, 9.17) is 11.6 Å². The lowest BCUT2D eigenvalue weighted by Crippen LogP contribution is -3.00. The molecular weight excluding hydrogens is 414 g/mol. The average Bonchev–Trinajstić information content (AvgIpc) is 2.71. The number of nitrogens with zero attached hydrogens (tertiary/aromatic N) is 2. The number of amides is 1. The summed E-state index contributed by atoms with van der Waals surface area (Å²) in [6, 6.07) is 16.8. The van der Waals surface area contributed by atoms with Crippen LogP contribution < -0.4 is 17.0 Å². The van der Waals surface area contributed by atoms with E-state index in [9.17, 15) is 14.0 Å². The molecule has 1 amide bonds. The Kier molecular flexibility index (Phi) is 7.88. The highest BCUT2D eigenvalue weighted by Crippen LogP contribution is 2.20. The Balaban J connectivity index is 0.00000300. The lowest BCUT2D eigenvalue weighted by atomic mass is 10.0. The Morgan fingerprint density at radius 2 is 1.59 bits per heavy atom. The smallest absolute Gasteiger partial charge is 0.288 e. The number of pyridine rings is 1. The molecule has 7 heteroatoms. The van der Waals surface area contributed by atoms with E-state index in [-0.39, 0.29) is 47.8 Å². The minimum absolute atomic E-state index is 0. The van der Waals surface area contributed by atoms with Crippen molar-refractivity contribution in [1.29, 1.82) is 0 Å². The molecule has 0 N–H and O–H groups in total. The normalized spacial score (nSPS) is 10.2. The van der Waals surface area contributed by atoms with Gasteiger partial charge in [0.15, 0.2) is 18.2 Å². The number of carbonyl (C=O) groups excluding carboxylic acids is 2. The largest absolute Gasteiger partial charge is 1.00 e. The third-order valence-electron chi connectivity index (χ3n) is 4.39. The molecule has 1 heterocycles. The molecule has 150 valence electrons. The maximum atomic E-state index is 13.9. The summed E-state index contributed by atoms with van der Waals surface area (Å²) in [6.45, 7) is 0.151. The summed E-state index contributed by atoms with van der Waals surface area (Å²) in [6.07, 6.45) is 3.36. The summed E-state index contributed by atoms with van der Waals surface area (Å²) >= 11 is 6.02. The molecule has 0 saturated heterocycles. The van der Waals surface area contributed by atoms with Crippen LogP contribution in [-0.2, 0) is 17.9 Å². The van der Waals surface area contributed by atoms with Gasteiger partial charge in [-0.05, 0) is 12.1 Å². The van der Waals surface area contributed by atoms with Gasteiger partial charge in [0, 0.05) is 47.4 Å². The molecule has 0 aliphatic heterocycles. The van der Waals surface area contributed by atoms with Crippen LogP contribution in [-0.4, -0.2) is 23.6 Å². The molecule has 0 saturated carbocycles. The van der Waals surface area contributed by atoms with Gasteiger partial charge in [-0.15, -0.1) is 0 Å². The highest BCUT2D eigenvalue weighted by molar-refractivity contribution is 6.31. The number of rotatable bonds is 6. The lowest BCUT2D eigenvalue weighted by Gasteiger charge is -2.17. The van der Waals surface area contributed by atoms with Gasteiger partial charge in [0.2, 0.25) is 6.54 Å². The first-order valence-corrected chi connectivity index (χ1v) is 9.09. The predicted octanol–water partition coefficient (Wildman–Crippen LogP) is 0.660. The van der Waals surface area contributed by atoms with E-state index in [2.05, 4.69) is 0 Å². The number of hydrogen-bond donors (Lipinski definition) is 0. The number of ketones is 1. The van der Waals surface area contributed by atoms with Crippen molar-refractivity contribution < 1.29 is 31.0 Å². The van der Waals surface area contributed by atoms with Crippen LogP contribution in [0.4, 0.5) is 4.39 Å². The molecule has 0 aliphatic rings. The number of likely N-dealkylation sites (N-methyl/N-ethyl adjacent to an activating group) is 1. The van der Waals surface area contributed by atoms with Gasteiger partial charge in [0.05, 0.1) is 0 Å². The van der Waals surface area contributed by atoms with Gasteiger partial charge in [-0.3, -0.25) is 9.59 Å². The van der Waals surface area contributed by atoms with Crippen molar-refractivity contribution in [1.82, 2.24) is 4.90 Å². The van der Waals surface area contributed by atoms with Crippen LogP contribution in [0.25, 0.3) is 0 Å². The summed E-state index contributed by atoms with van der Waals surface area (Å²) in [4.78, 5) is 26.3. The molecule has 0 spiro atoms. The second kappa shape index (κ2) is 10.1. The maximum absolute atomic E-state index is 13.9. The van der Waals surface area contributed by atoms with Crippen molar-refractivity contribution in [3.63, 3.8) is 0 Å². The zero-order chi connectivity index (χ0) is 20.1. The first-order valence-electron chi connectivity index (χ1n) is 8.71. The van der Waals surface area contributed by atoms with Crippen LogP contribution in [0.1, 0.15) is 21.5 Å². The topological polar surface area (TPSA) is 41.3 Å². The minimum atomic E-state index is -0.441. The van der Waals surface area contributed by atoms with E-state index >= 15 is 0 Å². The molecule has 0 aliphatic carbocycles. The fourth-order valence-electron chi connectivity index (χ4n) is 2.76. The number of carbonyl (C=O) groups is 2. The molecule has 0 bridgehead atoms. The van der Waals surface area contributed by atoms with Crippen LogP contribution in [0.3, 0.4) is 0 Å². The second-order valence-electron chi connectivity index (χ2n) is 6.40. The first kappa shape index (κ1) is 22.5. The van der Waals surface area contributed by atoms with E-state index in [0.29, 0.717) is 11.1 Å². The van der Waals surface area contributed by atoms with Crippen LogP contribution in [0.15, 0.2) is 73.1 Å². The van der Waals surface area contributed by atoms with Gasteiger partial charge < -0.3 is 17.3 Å². The molecule has 0 atom stereocenters. The molecule has 3 rings (SSSR count). The average molecular weight is 433 g/mol. The van der Waals surface area contributed by atoms with Crippen LogP contribution in [0.2, 0.25) is 5.02 Å². The predicted molar refractivity (Wildman–Crippen MR) is 104 cm³/mol. The fourth-order valence-corrected chi connectivity index (χ4v) is 2.98. The molecule has 3 aromatic rings. The van der Waals surface area contributed by atoms with Crippen molar-refractivity contribution in [3.05, 3.63) is 101 Å². The van der Waals surface area contributed by atoms with Crippen LogP contribution in [0.5, 0.6) is 0 Å². The third kappa shape index (κ3) is 5.62. The Hall–Kier alpha value is -2.76. The van der Waals surface area contributed by atoms with Crippen molar-refractivity contribution in [2.24, 2.45) is 0 Å². The van der Waals surface area contributed by atoms with Gasteiger partial charge in [-0.25, -0.2) is 4.39 Å². The Bertz CT molecular complexity index is 975. The Morgan fingerprint density at radius 3 is 2.21 bits per heavy atom. The van der Waals surface area contributed by atoms with Crippen LogP contribution >= 0.6 is 11.6 Å². The molecule has 29 heavy (non-hydrogen) atoms. The number of hydrogen-bond acceptors (Lipinski definition) is 2. The lowest BCUT2D eigenvalue weighted by molar-refractivity contribution is -0.685. The zero-order valence-electron chi connectivity index (χ0n) is 15.7. The summed E-state index contributed by atoms with van der Waals surface area (Å²) in [5.41, 5.74) is 1.44. The van der Waals surface area contributed by atoms with Gasteiger partial charge in [0.1, 0.15) is 5.82 Å². The van der Waals surface area contributed by atoms with E-state index in [1.165, 1.54) is 17.0 Å². The molecule has 0 radical (unpaired) electrons. The van der Waals surface area contributed by atoms with Crippen molar-refractivity contribution in [2.75, 3.05) is 7.05 Å². The van der Waals surface area contributed by atoms with Crippen LogP contribution in [0, 0.1) is 5.82 Å². The Morgan fingerprint density at radius 1 is 0.966 bits per heavy atom. The van der Waals surface area contributed by atoms with Gasteiger partial charge in [-0.2, -0.15) is 4.57 Å². The quantitative estimate of drug-likeness (QED) is 0.424. The van der Waals surface area contributed by atoms with Gasteiger partial charge in [0.25, 0.3) is 5.91 Å².